The molecule has 6 nitrogen and oxygen atoms in total. The maximum atomic E-state index is 5.55. The van der Waals surface area contributed by atoms with E-state index >= 15 is 0 Å². The van der Waals surface area contributed by atoms with Gasteiger partial charge in [-0.05, 0) is 25.8 Å². The van der Waals surface area contributed by atoms with Crippen molar-refractivity contribution in [2.45, 2.75) is 32.6 Å². The van der Waals surface area contributed by atoms with E-state index in [0.717, 1.165) is 12.0 Å². The third-order valence-electron chi connectivity index (χ3n) is 2.42. The average Bonchev–Trinajstić information content (AvgIpc) is 2.72. The Labute approximate surface area is 102 Å². The van der Waals surface area contributed by atoms with Crippen LogP contribution >= 0.6 is 0 Å². The Hall–Kier alpha value is -0.950. The van der Waals surface area contributed by atoms with Crippen molar-refractivity contribution < 1.29 is 9.47 Å². The molecule has 17 heavy (non-hydrogen) atoms. The van der Waals surface area contributed by atoms with Crippen molar-refractivity contribution in [1.82, 2.24) is 15.2 Å². The summed E-state index contributed by atoms with van der Waals surface area (Å²) in [5.74, 6) is 5.55. The summed E-state index contributed by atoms with van der Waals surface area (Å²) < 4.78 is 12.8. The molecule has 0 aromatic carbocycles. The van der Waals surface area contributed by atoms with E-state index in [-0.39, 0.29) is 12.3 Å². The van der Waals surface area contributed by atoms with Gasteiger partial charge >= 0.3 is 0 Å². The van der Waals surface area contributed by atoms with Crippen LogP contribution in [0.2, 0.25) is 0 Å². The van der Waals surface area contributed by atoms with E-state index in [0.29, 0.717) is 13.2 Å². The van der Waals surface area contributed by atoms with Gasteiger partial charge in [0.05, 0.1) is 12.2 Å². The average molecular weight is 242 g/mol. The number of rotatable bonds is 8. The van der Waals surface area contributed by atoms with Gasteiger partial charge in [0.1, 0.15) is 0 Å². The van der Waals surface area contributed by atoms with E-state index < -0.39 is 0 Å². The molecule has 0 saturated heterocycles. The highest BCUT2D eigenvalue weighted by Gasteiger charge is 2.21. The zero-order valence-corrected chi connectivity index (χ0v) is 10.7. The van der Waals surface area contributed by atoms with Crippen LogP contribution in [0.4, 0.5) is 0 Å². The number of hydrazine groups is 1. The van der Waals surface area contributed by atoms with Crippen LogP contribution in [0.3, 0.4) is 0 Å². The highest BCUT2D eigenvalue weighted by atomic mass is 16.7. The van der Waals surface area contributed by atoms with Gasteiger partial charge in [-0.25, -0.2) is 0 Å². The number of nitrogens with one attached hydrogen (secondary N) is 1. The van der Waals surface area contributed by atoms with Gasteiger partial charge in [0, 0.05) is 26.5 Å². The molecule has 0 amide bonds. The Balaban J connectivity index is 2.61. The minimum atomic E-state index is -0.338. The lowest BCUT2D eigenvalue weighted by Gasteiger charge is -2.25. The molecule has 0 bridgehead atoms. The molecular formula is C11H22N4O2. The molecule has 0 radical (unpaired) electrons. The van der Waals surface area contributed by atoms with E-state index in [1.54, 1.807) is 4.68 Å². The Morgan fingerprint density at radius 3 is 2.47 bits per heavy atom. The number of nitrogens with zero attached hydrogens (tertiary/aromatic N) is 2. The third-order valence-corrected chi connectivity index (χ3v) is 2.42. The molecule has 1 atom stereocenters. The van der Waals surface area contributed by atoms with Crippen molar-refractivity contribution in [2.75, 3.05) is 13.2 Å². The van der Waals surface area contributed by atoms with E-state index in [4.69, 9.17) is 15.3 Å². The molecule has 1 unspecified atom stereocenters. The molecule has 98 valence electrons. The highest BCUT2D eigenvalue weighted by molar-refractivity contribution is 5.06. The molecule has 1 rings (SSSR count). The normalized spacial score (nSPS) is 13.2. The predicted molar refractivity (Wildman–Crippen MR) is 65.1 cm³/mol. The third kappa shape index (κ3) is 4.43. The number of aryl methyl sites for hydroxylation is 1. The molecule has 1 heterocycles. The molecule has 0 aliphatic carbocycles. The van der Waals surface area contributed by atoms with Crippen molar-refractivity contribution >= 4 is 0 Å². The molecule has 1 aromatic rings. The summed E-state index contributed by atoms with van der Waals surface area (Å²) in [7, 11) is 1.89. The molecular weight excluding hydrogens is 220 g/mol. The summed E-state index contributed by atoms with van der Waals surface area (Å²) in [5.41, 5.74) is 3.84. The maximum absolute atomic E-state index is 5.55. The fourth-order valence-corrected chi connectivity index (χ4v) is 1.67. The van der Waals surface area contributed by atoms with Crippen molar-refractivity contribution in [3.05, 3.63) is 18.0 Å². The first kappa shape index (κ1) is 14.1. The molecule has 0 aliphatic heterocycles. The SMILES string of the molecule is CCOC(OCC)C(Cc1cnn(C)c1)NN. The maximum Gasteiger partial charge on any atom is 0.174 e. The Kier molecular flexibility index (Phi) is 6.13. The van der Waals surface area contributed by atoms with Crippen LogP contribution in [0.5, 0.6) is 0 Å². The van der Waals surface area contributed by atoms with Gasteiger partial charge in [0.2, 0.25) is 0 Å². The second-order valence-corrected chi connectivity index (χ2v) is 3.78. The smallest absolute Gasteiger partial charge is 0.174 e. The van der Waals surface area contributed by atoms with Crippen molar-refractivity contribution in [3.63, 3.8) is 0 Å². The van der Waals surface area contributed by atoms with E-state index in [1.165, 1.54) is 0 Å². The summed E-state index contributed by atoms with van der Waals surface area (Å²) in [6, 6.07) is -0.0842. The van der Waals surface area contributed by atoms with Crippen molar-refractivity contribution in [2.24, 2.45) is 12.9 Å². The second kappa shape index (κ2) is 7.39. The van der Waals surface area contributed by atoms with Crippen LogP contribution < -0.4 is 11.3 Å². The van der Waals surface area contributed by atoms with Gasteiger partial charge in [0.25, 0.3) is 0 Å². The zero-order valence-electron chi connectivity index (χ0n) is 10.7. The topological polar surface area (TPSA) is 74.3 Å². The highest BCUT2D eigenvalue weighted by Crippen LogP contribution is 2.09. The predicted octanol–water partition coefficient (Wildman–Crippen LogP) is 0.194. The summed E-state index contributed by atoms with van der Waals surface area (Å²) in [5, 5.41) is 4.12. The largest absolute Gasteiger partial charge is 0.351 e. The van der Waals surface area contributed by atoms with Gasteiger partial charge in [-0.15, -0.1) is 0 Å². The molecule has 0 aliphatic rings. The summed E-state index contributed by atoms with van der Waals surface area (Å²) >= 11 is 0. The standard InChI is InChI=1S/C11H22N4O2/c1-4-16-11(17-5-2)10(14-12)6-9-7-13-15(3)8-9/h7-8,10-11,14H,4-6,12H2,1-3H3. The van der Waals surface area contributed by atoms with Gasteiger partial charge in [0.15, 0.2) is 6.29 Å². The minimum Gasteiger partial charge on any atom is -0.351 e. The number of ether oxygens (including phenoxy) is 2. The molecule has 1 aromatic heterocycles. The van der Waals surface area contributed by atoms with Gasteiger partial charge in [-0.2, -0.15) is 5.10 Å². The number of hydrogen-bond donors (Lipinski definition) is 2. The fourth-order valence-electron chi connectivity index (χ4n) is 1.67. The first-order valence-electron chi connectivity index (χ1n) is 5.88. The van der Waals surface area contributed by atoms with Crippen LogP contribution in [0, 0.1) is 0 Å². The summed E-state index contributed by atoms with van der Waals surface area (Å²) in [4.78, 5) is 0. The molecule has 0 saturated carbocycles. The summed E-state index contributed by atoms with van der Waals surface area (Å²) in [6.45, 7) is 5.05. The first-order valence-corrected chi connectivity index (χ1v) is 5.88. The van der Waals surface area contributed by atoms with E-state index in [1.807, 2.05) is 33.3 Å². The lowest BCUT2D eigenvalue weighted by molar-refractivity contribution is -0.153. The number of nitrogens with two attached hydrogens (primary N) is 1. The first-order chi connectivity index (χ1) is 8.21. The van der Waals surface area contributed by atoms with E-state index in [9.17, 15) is 0 Å². The minimum absolute atomic E-state index is 0.0842. The lowest BCUT2D eigenvalue weighted by atomic mass is 10.1. The zero-order chi connectivity index (χ0) is 12.7. The monoisotopic (exact) mass is 242 g/mol. The van der Waals surface area contributed by atoms with E-state index in [2.05, 4.69) is 10.5 Å². The van der Waals surface area contributed by atoms with Crippen LogP contribution in [-0.2, 0) is 22.9 Å². The Morgan fingerprint density at radius 2 is 2.06 bits per heavy atom. The van der Waals surface area contributed by atoms with Crippen LogP contribution in [0.15, 0.2) is 12.4 Å². The van der Waals surface area contributed by atoms with Gasteiger partial charge in [-0.3, -0.25) is 16.0 Å². The Bertz CT molecular complexity index is 310. The van der Waals surface area contributed by atoms with Gasteiger partial charge in [-0.1, -0.05) is 0 Å². The second-order valence-electron chi connectivity index (χ2n) is 3.78. The molecule has 3 N–H and O–H groups in total. The quantitative estimate of drug-likeness (QED) is 0.387. The lowest BCUT2D eigenvalue weighted by Crippen LogP contribution is -2.47. The number of hydrogen-bond acceptors (Lipinski definition) is 5. The van der Waals surface area contributed by atoms with Crippen LogP contribution in [0.1, 0.15) is 19.4 Å². The van der Waals surface area contributed by atoms with Crippen molar-refractivity contribution in [3.8, 4) is 0 Å². The fraction of sp³-hybridized carbons (Fsp3) is 0.727. The van der Waals surface area contributed by atoms with Gasteiger partial charge < -0.3 is 9.47 Å². The summed E-state index contributed by atoms with van der Waals surface area (Å²) in [6.07, 6.45) is 4.16. The van der Waals surface area contributed by atoms with Crippen LogP contribution in [-0.4, -0.2) is 35.3 Å². The molecule has 0 fully saturated rings. The van der Waals surface area contributed by atoms with Crippen molar-refractivity contribution in [1.29, 1.82) is 0 Å². The van der Waals surface area contributed by atoms with Crippen LogP contribution in [0.25, 0.3) is 0 Å². The number of aromatic nitrogens is 2. The molecule has 6 heteroatoms. The Morgan fingerprint density at radius 1 is 1.41 bits per heavy atom. The molecule has 0 spiro atoms.